The molecule has 0 radical (unpaired) electrons. The van der Waals surface area contributed by atoms with E-state index in [1.807, 2.05) is 30.3 Å². The smallest absolute Gasteiger partial charge is 0.288 e. The summed E-state index contributed by atoms with van der Waals surface area (Å²) in [5.41, 5.74) is 2.29. The normalized spacial score (nSPS) is 19.1. The molecule has 1 atom stereocenters. The summed E-state index contributed by atoms with van der Waals surface area (Å²) in [5.74, 6) is 0. The molecule has 1 unspecified atom stereocenters. The molecule has 0 amide bonds. The third-order valence-corrected chi connectivity index (χ3v) is 5.06. The fourth-order valence-electron chi connectivity index (χ4n) is 3.66. The van der Waals surface area contributed by atoms with Crippen molar-refractivity contribution in [2.24, 2.45) is 0 Å². The molecule has 4 heteroatoms. The highest BCUT2D eigenvalue weighted by Crippen LogP contribution is 2.42. The van der Waals surface area contributed by atoms with Crippen LogP contribution in [-0.2, 0) is 6.18 Å². The Labute approximate surface area is 140 Å². The third-order valence-electron chi connectivity index (χ3n) is 5.06. The molecule has 24 heavy (non-hydrogen) atoms. The van der Waals surface area contributed by atoms with E-state index in [1.54, 1.807) is 0 Å². The maximum Gasteiger partial charge on any atom is 0.416 e. The molecule has 0 saturated heterocycles. The van der Waals surface area contributed by atoms with Gasteiger partial charge in [0.25, 0.3) is 0 Å². The minimum Gasteiger partial charge on any atom is -0.288 e. The van der Waals surface area contributed by atoms with Gasteiger partial charge < -0.3 is 0 Å². The number of hydrogen-bond acceptors (Lipinski definition) is 0. The van der Waals surface area contributed by atoms with Gasteiger partial charge in [0.1, 0.15) is 6.04 Å². The number of alkyl halides is 3. The van der Waals surface area contributed by atoms with Crippen LogP contribution >= 0.6 is 0 Å². The predicted octanol–water partition coefficient (Wildman–Crippen LogP) is 5.64. The van der Waals surface area contributed by atoms with Crippen molar-refractivity contribution in [3.8, 4) is 0 Å². The Morgan fingerprint density at radius 1 is 0.958 bits per heavy atom. The molecule has 1 nitrogen and oxygen atoms in total. The zero-order chi connectivity index (χ0) is 17.4. The van der Waals surface area contributed by atoms with Crippen LogP contribution < -0.4 is 0 Å². The maximum absolute atomic E-state index is 13.2. The zero-order valence-corrected chi connectivity index (χ0v) is 13.8. The van der Waals surface area contributed by atoms with Crippen LogP contribution in [0.5, 0.6) is 0 Å². The van der Waals surface area contributed by atoms with E-state index in [0.29, 0.717) is 10.0 Å². The van der Waals surface area contributed by atoms with Crippen molar-refractivity contribution >= 4 is 6.08 Å². The minimum atomic E-state index is -4.33. The fraction of sp³-hybridized carbons (Fsp3) is 0.300. The SMILES string of the molecule is CC[N+]1(CC)C=Cc2ccccc2C1c1cccc(C(F)(F)F)c1. The first kappa shape index (κ1) is 16.8. The van der Waals surface area contributed by atoms with Crippen LogP contribution in [0.1, 0.15) is 42.1 Å². The molecule has 0 N–H and O–H groups in total. The quantitative estimate of drug-likeness (QED) is 0.639. The van der Waals surface area contributed by atoms with Gasteiger partial charge in [0, 0.05) is 11.1 Å². The number of rotatable bonds is 3. The van der Waals surface area contributed by atoms with Crippen LogP contribution in [0, 0.1) is 0 Å². The average Bonchev–Trinajstić information content (AvgIpc) is 2.60. The van der Waals surface area contributed by atoms with Crippen molar-refractivity contribution in [2.75, 3.05) is 13.1 Å². The fourth-order valence-corrected chi connectivity index (χ4v) is 3.66. The molecule has 1 aliphatic heterocycles. The maximum atomic E-state index is 13.2. The second-order valence-electron chi connectivity index (χ2n) is 6.21. The first-order valence-electron chi connectivity index (χ1n) is 8.23. The van der Waals surface area contributed by atoms with Gasteiger partial charge in [-0.3, -0.25) is 4.48 Å². The molecule has 0 fully saturated rings. The lowest BCUT2D eigenvalue weighted by atomic mass is 9.88. The first-order valence-corrected chi connectivity index (χ1v) is 8.23. The summed E-state index contributed by atoms with van der Waals surface area (Å²) in [7, 11) is 0. The summed E-state index contributed by atoms with van der Waals surface area (Å²) < 4.78 is 40.1. The Morgan fingerprint density at radius 2 is 1.67 bits per heavy atom. The molecular formula is C20H21F3N+. The molecule has 0 aromatic heterocycles. The second kappa shape index (κ2) is 6.10. The van der Waals surface area contributed by atoms with E-state index in [0.717, 1.165) is 30.3 Å². The summed E-state index contributed by atoms with van der Waals surface area (Å²) in [5, 5.41) is 0. The average molecular weight is 332 g/mol. The molecule has 0 saturated carbocycles. The van der Waals surface area contributed by atoms with E-state index in [4.69, 9.17) is 0 Å². The zero-order valence-electron chi connectivity index (χ0n) is 13.8. The second-order valence-corrected chi connectivity index (χ2v) is 6.21. The summed E-state index contributed by atoms with van der Waals surface area (Å²) in [6.45, 7) is 5.81. The van der Waals surface area contributed by atoms with Crippen LogP contribution in [0.4, 0.5) is 13.2 Å². The molecule has 1 heterocycles. The first-order chi connectivity index (χ1) is 11.4. The van der Waals surface area contributed by atoms with Gasteiger partial charge in [-0.15, -0.1) is 0 Å². The van der Waals surface area contributed by atoms with Gasteiger partial charge in [-0.25, -0.2) is 0 Å². The van der Waals surface area contributed by atoms with Crippen molar-refractivity contribution in [3.63, 3.8) is 0 Å². The van der Waals surface area contributed by atoms with Crippen LogP contribution in [0.2, 0.25) is 0 Å². The molecule has 1 aliphatic rings. The molecule has 0 spiro atoms. The van der Waals surface area contributed by atoms with Gasteiger partial charge >= 0.3 is 6.18 Å². The number of hydrogen-bond donors (Lipinski definition) is 0. The van der Waals surface area contributed by atoms with Gasteiger partial charge in [0.2, 0.25) is 0 Å². The lowest BCUT2D eigenvalue weighted by molar-refractivity contribution is -0.901. The summed E-state index contributed by atoms with van der Waals surface area (Å²) in [6.07, 6.45) is -0.103. The van der Waals surface area contributed by atoms with Crippen molar-refractivity contribution in [1.82, 2.24) is 0 Å². The van der Waals surface area contributed by atoms with Crippen LogP contribution in [0.3, 0.4) is 0 Å². The van der Waals surface area contributed by atoms with E-state index in [1.165, 1.54) is 12.1 Å². The van der Waals surface area contributed by atoms with Crippen molar-refractivity contribution in [1.29, 1.82) is 0 Å². The summed E-state index contributed by atoms with van der Waals surface area (Å²) in [6, 6.07) is 13.6. The largest absolute Gasteiger partial charge is 0.416 e. The van der Waals surface area contributed by atoms with Gasteiger partial charge in [0.15, 0.2) is 0 Å². The minimum absolute atomic E-state index is 0.122. The summed E-state index contributed by atoms with van der Waals surface area (Å²) >= 11 is 0. The highest BCUT2D eigenvalue weighted by Gasteiger charge is 2.40. The predicted molar refractivity (Wildman–Crippen MR) is 90.1 cm³/mol. The molecule has 2 aromatic rings. The van der Waals surface area contributed by atoms with Crippen molar-refractivity contribution in [2.45, 2.75) is 26.1 Å². The Balaban J connectivity index is 2.20. The van der Waals surface area contributed by atoms with E-state index < -0.39 is 11.7 Å². The Hall–Kier alpha value is -2.07. The van der Waals surface area contributed by atoms with Crippen LogP contribution in [-0.4, -0.2) is 17.6 Å². The topological polar surface area (TPSA) is 0 Å². The number of nitrogens with zero attached hydrogens (tertiary/aromatic N) is 1. The van der Waals surface area contributed by atoms with Gasteiger partial charge in [-0.1, -0.05) is 36.4 Å². The lowest BCUT2D eigenvalue weighted by Crippen LogP contribution is -2.47. The van der Waals surface area contributed by atoms with E-state index in [2.05, 4.69) is 26.1 Å². The van der Waals surface area contributed by atoms with E-state index in [9.17, 15) is 13.2 Å². The molecule has 126 valence electrons. The van der Waals surface area contributed by atoms with Crippen molar-refractivity contribution in [3.05, 3.63) is 77.0 Å². The number of halogens is 3. The Kier molecular flexibility index (Phi) is 4.26. The van der Waals surface area contributed by atoms with Crippen LogP contribution in [0.15, 0.2) is 54.7 Å². The third kappa shape index (κ3) is 2.75. The highest BCUT2D eigenvalue weighted by atomic mass is 19.4. The number of quaternary nitrogens is 1. The van der Waals surface area contributed by atoms with Crippen molar-refractivity contribution < 1.29 is 17.7 Å². The highest BCUT2D eigenvalue weighted by molar-refractivity contribution is 5.57. The number of fused-ring (bicyclic) bond motifs is 1. The monoisotopic (exact) mass is 332 g/mol. The number of benzene rings is 2. The van der Waals surface area contributed by atoms with Gasteiger partial charge in [-0.2, -0.15) is 13.2 Å². The Morgan fingerprint density at radius 3 is 2.33 bits per heavy atom. The molecule has 3 rings (SSSR count). The molecular weight excluding hydrogens is 311 g/mol. The van der Waals surface area contributed by atoms with Crippen LogP contribution in [0.25, 0.3) is 6.08 Å². The van der Waals surface area contributed by atoms with E-state index in [-0.39, 0.29) is 6.04 Å². The van der Waals surface area contributed by atoms with E-state index >= 15 is 0 Å². The van der Waals surface area contributed by atoms with Gasteiger partial charge in [-0.05, 0) is 37.6 Å². The standard InChI is InChI=1S/C20H21F3N/c1-3-24(4-2)13-12-15-8-5-6-11-18(15)19(24)16-9-7-10-17(14-16)20(21,22)23/h5-14,19H,3-4H2,1-2H3/q+1. The Bertz CT molecular complexity index is 757. The van der Waals surface area contributed by atoms with Gasteiger partial charge in [0.05, 0.1) is 24.9 Å². The molecule has 2 aromatic carbocycles. The lowest BCUT2D eigenvalue weighted by Gasteiger charge is -2.43. The molecule has 0 bridgehead atoms. The summed E-state index contributed by atoms with van der Waals surface area (Å²) in [4.78, 5) is 0. The molecule has 0 aliphatic carbocycles.